The van der Waals surface area contributed by atoms with Crippen LogP contribution in [0.5, 0.6) is 0 Å². The number of hydrogen-bond donors (Lipinski definition) is 3. The van der Waals surface area contributed by atoms with E-state index in [1.807, 2.05) is 31.2 Å². The number of aromatic nitrogens is 3. The summed E-state index contributed by atoms with van der Waals surface area (Å²) < 4.78 is 1.35. The van der Waals surface area contributed by atoms with Gasteiger partial charge in [-0.1, -0.05) is 41.4 Å². The van der Waals surface area contributed by atoms with E-state index in [1.165, 1.54) is 23.0 Å². The molecular weight excluding hydrogens is 368 g/mol. The lowest BCUT2D eigenvalue weighted by Gasteiger charge is -2.16. The van der Waals surface area contributed by atoms with Gasteiger partial charge >= 0.3 is 0 Å². The Morgan fingerprint density at radius 1 is 1.22 bits per heavy atom. The van der Waals surface area contributed by atoms with E-state index >= 15 is 0 Å². The van der Waals surface area contributed by atoms with E-state index < -0.39 is 17.6 Å². The number of halogens is 1. The number of pyridine rings is 1. The van der Waals surface area contributed by atoms with Gasteiger partial charge in [0.1, 0.15) is 35.5 Å². The van der Waals surface area contributed by atoms with Gasteiger partial charge in [-0.3, -0.25) is 14.2 Å². The first-order chi connectivity index (χ1) is 12.9. The molecule has 8 nitrogen and oxygen atoms in total. The van der Waals surface area contributed by atoms with Gasteiger partial charge in [-0.05, 0) is 18.6 Å². The number of rotatable bonds is 3. The number of benzene rings is 1. The fourth-order valence-electron chi connectivity index (χ4n) is 3.07. The van der Waals surface area contributed by atoms with Gasteiger partial charge in [0, 0.05) is 6.07 Å². The number of carbonyl (C=O) groups excluding carboxylic acids is 1. The summed E-state index contributed by atoms with van der Waals surface area (Å²) in [5.41, 5.74) is 7.34. The predicted octanol–water partition coefficient (Wildman–Crippen LogP) is 2.22. The minimum atomic E-state index is -0.644. The van der Waals surface area contributed by atoms with Crippen LogP contribution in [0.15, 0.2) is 47.5 Å². The second-order valence-corrected chi connectivity index (χ2v) is 6.58. The first-order valence-electron chi connectivity index (χ1n) is 8.11. The first kappa shape index (κ1) is 17.0. The summed E-state index contributed by atoms with van der Waals surface area (Å²) in [7, 11) is 0. The summed E-state index contributed by atoms with van der Waals surface area (Å²) in [5, 5.41) is 5.86. The van der Waals surface area contributed by atoms with Gasteiger partial charge in [0.25, 0.3) is 11.5 Å². The maximum atomic E-state index is 13.1. The largest absolute Gasteiger partial charge is 0.384 e. The zero-order valence-corrected chi connectivity index (χ0v) is 15.0. The number of nitrogen functional groups attached to an aromatic ring is 1. The number of amides is 1. The lowest BCUT2D eigenvalue weighted by molar-refractivity contribution is 0.0960. The van der Waals surface area contributed by atoms with Gasteiger partial charge in [0.05, 0.1) is 5.02 Å². The number of hydrogen-bond acceptors (Lipinski definition) is 6. The Hall–Kier alpha value is -3.39. The summed E-state index contributed by atoms with van der Waals surface area (Å²) in [6.07, 6.45) is 0.639. The molecule has 1 aliphatic heterocycles. The predicted molar refractivity (Wildman–Crippen MR) is 102 cm³/mol. The summed E-state index contributed by atoms with van der Waals surface area (Å²) in [6.45, 7) is 1.94. The Labute approximate surface area is 159 Å². The van der Waals surface area contributed by atoms with Gasteiger partial charge in [-0.15, -0.1) is 0 Å². The van der Waals surface area contributed by atoms with Crippen molar-refractivity contribution in [1.82, 2.24) is 19.9 Å². The molecule has 0 aliphatic carbocycles. The molecule has 0 spiro atoms. The van der Waals surface area contributed by atoms with Crippen LogP contribution < -0.4 is 21.9 Å². The van der Waals surface area contributed by atoms with Crippen molar-refractivity contribution in [1.29, 1.82) is 0 Å². The van der Waals surface area contributed by atoms with Gasteiger partial charge < -0.3 is 16.4 Å². The van der Waals surface area contributed by atoms with Crippen molar-refractivity contribution in [2.24, 2.45) is 0 Å². The van der Waals surface area contributed by atoms with Gasteiger partial charge in [0.15, 0.2) is 0 Å². The number of nitrogens with zero attached hydrogens (tertiary/aromatic N) is 3. The molecule has 3 aromatic rings. The molecule has 27 heavy (non-hydrogen) atoms. The Kier molecular flexibility index (Phi) is 4.04. The van der Waals surface area contributed by atoms with E-state index in [4.69, 9.17) is 17.3 Å². The number of nitrogens with one attached hydrogen (secondary N) is 2. The summed E-state index contributed by atoms with van der Waals surface area (Å²) in [4.78, 5) is 33.3. The molecule has 1 aromatic carbocycles. The van der Waals surface area contributed by atoms with Crippen LogP contribution in [0, 0.1) is 6.92 Å². The molecule has 136 valence electrons. The molecule has 0 radical (unpaired) electrons. The molecule has 9 heteroatoms. The topological polar surface area (TPSA) is 115 Å². The van der Waals surface area contributed by atoms with E-state index in [2.05, 4.69) is 20.6 Å². The minimum Gasteiger partial charge on any atom is -0.384 e. The smallest absolute Gasteiger partial charge is 0.276 e. The average molecular weight is 383 g/mol. The molecular formula is C18H15ClN6O2. The molecule has 0 bridgehead atoms. The highest BCUT2D eigenvalue weighted by Crippen LogP contribution is 2.29. The van der Waals surface area contributed by atoms with Crippen molar-refractivity contribution in [3.8, 4) is 0 Å². The van der Waals surface area contributed by atoms with Gasteiger partial charge in [-0.2, -0.15) is 0 Å². The lowest BCUT2D eigenvalue weighted by atomic mass is 10.1. The van der Waals surface area contributed by atoms with Crippen LogP contribution in [0.25, 0.3) is 0 Å². The number of fused-ring (bicyclic) bond motifs is 1. The number of anilines is 3. The van der Waals surface area contributed by atoms with Crippen LogP contribution in [0.3, 0.4) is 0 Å². The second-order valence-electron chi connectivity index (χ2n) is 6.17. The molecule has 0 saturated heterocycles. The van der Waals surface area contributed by atoms with Crippen molar-refractivity contribution < 1.29 is 4.79 Å². The molecule has 0 saturated carbocycles. The molecule has 1 atom stereocenters. The van der Waals surface area contributed by atoms with E-state index in [-0.39, 0.29) is 22.2 Å². The third-order valence-corrected chi connectivity index (χ3v) is 4.53. The summed E-state index contributed by atoms with van der Waals surface area (Å²) >= 11 is 6.31. The standard InChI is InChI=1S/C18H15ClN6O2/c1-9-3-2-4-10(5-9)16-24-17(26)15-11(19)6-12(18(27)25(15)16)23-14-7-13(20)21-8-22-14/h2-8,16H,1H3,(H,24,26)(H3,20,21,22,23). The zero-order valence-electron chi connectivity index (χ0n) is 14.2. The number of aryl methyl sites for hydroxylation is 1. The molecule has 1 aliphatic rings. The van der Waals surface area contributed by atoms with Crippen molar-refractivity contribution in [2.75, 3.05) is 11.1 Å². The molecule has 1 amide bonds. The Morgan fingerprint density at radius 3 is 2.78 bits per heavy atom. The van der Waals surface area contributed by atoms with E-state index in [1.54, 1.807) is 0 Å². The number of carbonyl (C=O) groups is 1. The van der Waals surface area contributed by atoms with E-state index in [0.717, 1.165) is 11.1 Å². The van der Waals surface area contributed by atoms with E-state index in [9.17, 15) is 9.59 Å². The van der Waals surface area contributed by atoms with Crippen molar-refractivity contribution in [3.05, 3.63) is 74.9 Å². The quantitative estimate of drug-likeness (QED) is 0.639. The van der Waals surface area contributed by atoms with Crippen molar-refractivity contribution in [3.63, 3.8) is 0 Å². The maximum absolute atomic E-state index is 13.1. The van der Waals surface area contributed by atoms with Crippen LogP contribution in [-0.2, 0) is 0 Å². The Morgan fingerprint density at radius 2 is 2.04 bits per heavy atom. The number of nitrogens with two attached hydrogens (primary N) is 1. The molecule has 0 fully saturated rings. The van der Waals surface area contributed by atoms with Crippen LogP contribution in [0.2, 0.25) is 5.02 Å². The monoisotopic (exact) mass is 382 g/mol. The SMILES string of the molecule is Cc1cccc(C2NC(=O)c3c(Cl)cc(Nc4cc(N)ncn4)c(=O)n32)c1. The van der Waals surface area contributed by atoms with Crippen molar-refractivity contribution >= 4 is 34.8 Å². The first-order valence-corrected chi connectivity index (χ1v) is 8.49. The molecule has 1 unspecified atom stereocenters. The fraction of sp³-hybridized carbons (Fsp3) is 0.111. The van der Waals surface area contributed by atoms with Gasteiger partial charge in [0.2, 0.25) is 0 Å². The third kappa shape index (κ3) is 3.00. The summed E-state index contributed by atoms with van der Waals surface area (Å²) in [6, 6.07) is 10.5. The average Bonchev–Trinajstić information content (AvgIpc) is 2.98. The minimum absolute atomic E-state index is 0.126. The fourth-order valence-corrected chi connectivity index (χ4v) is 3.35. The maximum Gasteiger partial charge on any atom is 0.276 e. The molecule has 4 N–H and O–H groups in total. The van der Waals surface area contributed by atoms with Gasteiger partial charge in [-0.25, -0.2) is 9.97 Å². The highest BCUT2D eigenvalue weighted by Gasteiger charge is 2.33. The third-order valence-electron chi connectivity index (χ3n) is 4.24. The van der Waals surface area contributed by atoms with Crippen molar-refractivity contribution in [2.45, 2.75) is 13.1 Å². The lowest BCUT2D eigenvalue weighted by Crippen LogP contribution is -2.29. The highest BCUT2D eigenvalue weighted by atomic mass is 35.5. The molecule has 2 aromatic heterocycles. The molecule has 3 heterocycles. The van der Waals surface area contributed by atoms with Crippen LogP contribution in [0.1, 0.15) is 27.8 Å². The summed E-state index contributed by atoms with van der Waals surface area (Å²) in [5.74, 6) is 0.205. The van der Waals surface area contributed by atoms with Crippen LogP contribution in [0.4, 0.5) is 17.3 Å². The molecule has 4 rings (SSSR count). The Bertz CT molecular complexity index is 1130. The second kappa shape index (κ2) is 6.40. The highest BCUT2D eigenvalue weighted by molar-refractivity contribution is 6.34. The zero-order chi connectivity index (χ0) is 19.1. The van der Waals surface area contributed by atoms with Crippen LogP contribution >= 0.6 is 11.6 Å². The Balaban J connectivity index is 1.84. The van der Waals surface area contributed by atoms with E-state index in [0.29, 0.717) is 5.82 Å². The normalized spacial score (nSPS) is 15.3. The van der Waals surface area contributed by atoms with Crippen LogP contribution in [-0.4, -0.2) is 20.4 Å².